The minimum absolute atomic E-state index is 0.208. The van der Waals surface area contributed by atoms with Gasteiger partial charge in [-0.15, -0.1) is 0 Å². The Bertz CT molecular complexity index is 490. The molecule has 1 aromatic rings. The van der Waals surface area contributed by atoms with Gasteiger partial charge >= 0.3 is 12.1 Å². The summed E-state index contributed by atoms with van der Waals surface area (Å²) in [6, 6.07) is 0.755. The molecule has 1 aromatic heterocycles. The third-order valence-electron chi connectivity index (χ3n) is 1.74. The molecule has 0 aliphatic heterocycles. The minimum atomic E-state index is -4.54. The predicted octanol–water partition coefficient (Wildman–Crippen LogP) is 2.85. The van der Waals surface area contributed by atoms with Crippen molar-refractivity contribution in [3.63, 3.8) is 0 Å². The van der Waals surface area contributed by atoms with Crippen molar-refractivity contribution in [1.82, 2.24) is 9.97 Å². The summed E-state index contributed by atoms with van der Waals surface area (Å²) in [5, 5.41) is 0. The van der Waals surface area contributed by atoms with Crippen molar-refractivity contribution in [2.75, 3.05) is 0 Å². The highest BCUT2D eigenvalue weighted by atomic mass is 19.4. The topological polar surface area (TPSA) is 52.1 Å². The number of hydrogen-bond donors (Lipinski definition) is 0. The first kappa shape index (κ1) is 15.1. The Balaban J connectivity index is 2.80. The molecule has 0 saturated heterocycles. The lowest BCUT2D eigenvalue weighted by Gasteiger charge is -2.17. The van der Waals surface area contributed by atoms with Gasteiger partial charge in [0.25, 0.3) is 0 Å². The molecular weight excluding hydrogens is 261 g/mol. The second-order valence-electron chi connectivity index (χ2n) is 4.66. The number of nitrogens with zero attached hydrogens (tertiary/aromatic N) is 2. The molecule has 0 bridgehead atoms. The molecule has 104 valence electrons. The van der Waals surface area contributed by atoms with Gasteiger partial charge < -0.3 is 4.74 Å². The summed E-state index contributed by atoms with van der Waals surface area (Å²) in [5.41, 5.74) is -1.73. The van der Waals surface area contributed by atoms with E-state index in [9.17, 15) is 18.0 Å². The molecule has 0 radical (unpaired) electrons. The van der Waals surface area contributed by atoms with E-state index < -0.39 is 23.4 Å². The molecule has 0 unspecified atom stereocenters. The zero-order chi connectivity index (χ0) is 14.7. The van der Waals surface area contributed by atoms with Crippen LogP contribution < -0.4 is 0 Å². The second-order valence-corrected chi connectivity index (χ2v) is 4.66. The molecule has 7 heteroatoms. The third-order valence-corrected chi connectivity index (χ3v) is 1.74. The molecule has 0 fully saturated rings. The summed E-state index contributed by atoms with van der Waals surface area (Å²) in [4.78, 5) is 18.2. The van der Waals surface area contributed by atoms with E-state index in [-0.39, 0.29) is 5.82 Å². The maximum absolute atomic E-state index is 12.4. The Hall–Kier alpha value is -1.92. The number of hydrogen-bond acceptors (Lipinski definition) is 4. The Morgan fingerprint density at radius 3 is 2.47 bits per heavy atom. The Kier molecular flexibility index (Phi) is 4.28. The van der Waals surface area contributed by atoms with Crippen molar-refractivity contribution in [3.8, 4) is 0 Å². The number of rotatable bonds is 2. The van der Waals surface area contributed by atoms with Crippen LogP contribution in [0.25, 0.3) is 6.08 Å². The molecule has 1 heterocycles. The van der Waals surface area contributed by atoms with Gasteiger partial charge in [-0.1, -0.05) is 0 Å². The fraction of sp³-hybridized carbons (Fsp3) is 0.417. The molecule has 0 aliphatic carbocycles. The Morgan fingerprint density at radius 2 is 1.95 bits per heavy atom. The van der Waals surface area contributed by atoms with E-state index in [4.69, 9.17) is 4.74 Å². The van der Waals surface area contributed by atoms with Crippen LogP contribution >= 0.6 is 0 Å². The maximum atomic E-state index is 12.4. The highest BCUT2D eigenvalue weighted by molar-refractivity contribution is 5.86. The van der Waals surface area contributed by atoms with Gasteiger partial charge in [0.2, 0.25) is 0 Å². The van der Waals surface area contributed by atoms with Gasteiger partial charge in [-0.3, -0.25) is 0 Å². The van der Waals surface area contributed by atoms with Crippen molar-refractivity contribution in [2.24, 2.45) is 0 Å². The number of halogens is 3. The Morgan fingerprint density at radius 1 is 1.32 bits per heavy atom. The summed E-state index contributed by atoms with van der Waals surface area (Å²) in [7, 11) is 0. The largest absolute Gasteiger partial charge is 0.457 e. The first-order valence-corrected chi connectivity index (χ1v) is 5.39. The summed E-state index contributed by atoms with van der Waals surface area (Å²) < 4.78 is 42.1. The van der Waals surface area contributed by atoms with Crippen molar-refractivity contribution < 1.29 is 22.7 Å². The van der Waals surface area contributed by atoms with Gasteiger partial charge in [0.1, 0.15) is 11.3 Å². The van der Waals surface area contributed by atoms with Crippen LogP contribution in [0.2, 0.25) is 0 Å². The average molecular weight is 274 g/mol. The van der Waals surface area contributed by atoms with Crippen molar-refractivity contribution in [3.05, 3.63) is 29.9 Å². The van der Waals surface area contributed by atoms with Crippen LogP contribution in [0.3, 0.4) is 0 Å². The first-order chi connectivity index (χ1) is 8.58. The van der Waals surface area contributed by atoms with E-state index in [0.717, 1.165) is 24.4 Å². The molecule has 4 nitrogen and oxygen atoms in total. The monoisotopic (exact) mass is 274 g/mol. The van der Waals surface area contributed by atoms with Gasteiger partial charge in [0.05, 0.1) is 0 Å². The van der Waals surface area contributed by atoms with E-state index in [1.807, 2.05) is 0 Å². The number of ether oxygens (including phenoxy) is 1. The Labute approximate surface area is 108 Å². The zero-order valence-corrected chi connectivity index (χ0v) is 10.7. The highest BCUT2D eigenvalue weighted by Gasteiger charge is 2.32. The van der Waals surface area contributed by atoms with Crippen LogP contribution in [0.15, 0.2) is 18.3 Å². The van der Waals surface area contributed by atoms with Gasteiger partial charge in [0.15, 0.2) is 5.82 Å². The molecule has 0 aliphatic rings. The number of carbonyl (C=O) groups is 1. The lowest BCUT2D eigenvalue weighted by atomic mass is 10.2. The quantitative estimate of drug-likeness (QED) is 0.614. The maximum Gasteiger partial charge on any atom is 0.433 e. The third kappa shape index (κ3) is 5.50. The predicted molar refractivity (Wildman–Crippen MR) is 61.9 cm³/mol. The van der Waals surface area contributed by atoms with Gasteiger partial charge in [-0.2, -0.15) is 13.2 Å². The standard InChI is InChI=1S/C12H13F3N2O2/c1-11(2,3)19-10(18)5-4-9-16-7-6-8(17-9)12(13,14)15/h4-7H,1-3H3/b5-4+. The van der Waals surface area contributed by atoms with Crippen LogP contribution in [0.4, 0.5) is 13.2 Å². The van der Waals surface area contributed by atoms with Gasteiger partial charge in [0, 0.05) is 12.3 Å². The lowest BCUT2D eigenvalue weighted by Crippen LogP contribution is -2.22. The lowest BCUT2D eigenvalue weighted by molar-refractivity contribution is -0.148. The fourth-order valence-corrected chi connectivity index (χ4v) is 1.09. The van der Waals surface area contributed by atoms with E-state index in [0.29, 0.717) is 0 Å². The molecular formula is C12H13F3N2O2. The second kappa shape index (κ2) is 5.38. The van der Waals surface area contributed by atoms with E-state index in [1.165, 1.54) is 0 Å². The highest BCUT2D eigenvalue weighted by Crippen LogP contribution is 2.27. The molecule has 0 N–H and O–H groups in total. The molecule has 0 saturated carbocycles. The molecule has 0 amide bonds. The number of alkyl halides is 3. The normalized spacial score (nSPS) is 12.7. The summed E-state index contributed by atoms with van der Waals surface area (Å²) in [6.45, 7) is 5.04. The molecule has 1 rings (SSSR count). The SMILES string of the molecule is CC(C)(C)OC(=O)/C=C/c1nccc(C(F)(F)F)n1. The van der Waals surface area contributed by atoms with E-state index in [2.05, 4.69) is 9.97 Å². The van der Waals surface area contributed by atoms with Crippen LogP contribution in [-0.4, -0.2) is 21.5 Å². The number of aromatic nitrogens is 2. The smallest absolute Gasteiger partial charge is 0.433 e. The van der Waals surface area contributed by atoms with Crippen LogP contribution in [-0.2, 0) is 15.7 Å². The van der Waals surface area contributed by atoms with Gasteiger partial charge in [-0.05, 0) is 32.9 Å². The molecule has 0 spiro atoms. The van der Waals surface area contributed by atoms with Crippen LogP contribution in [0, 0.1) is 0 Å². The van der Waals surface area contributed by atoms with Gasteiger partial charge in [-0.25, -0.2) is 14.8 Å². The fourth-order valence-electron chi connectivity index (χ4n) is 1.09. The zero-order valence-electron chi connectivity index (χ0n) is 10.7. The van der Waals surface area contributed by atoms with E-state index in [1.54, 1.807) is 20.8 Å². The summed E-state index contributed by atoms with van der Waals surface area (Å²) in [6.07, 6.45) is -1.51. The van der Waals surface area contributed by atoms with Crippen LogP contribution in [0.1, 0.15) is 32.3 Å². The summed E-state index contributed by atoms with van der Waals surface area (Å²) >= 11 is 0. The molecule has 0 atom stereocenters. The van der Waals surface area contributed by atoms with Crippen molar-refractivity contribution in [1.29, 1.82) is 0 Å². The number of esters is 1. The van der Waals surface area contributed by atoms with Crippen LogP contribution in [0.5, 0.6) is 0 Å². The average Bonchev–Trinajstić information content (AvgIpc) is 2.23. The minimum Gasteiger partial charge on any atom is -0.457 e. The van der Waals surface area contributed by atoms with Crippen molar-refractivity contribution >= 4 is 12.0 Å². The molecule has 0 aromatic carbocycles. The van der Waals surface area contributed by atoms with E-state index >= 15 is 0 Å². The first-order valence-electron chi connectivity index (χ1n) is 5.39. The van der Waals surface area contributed by atoms with Crippen molar-refractivity contribution in [2.45, 2.75) is 32.5 Å². The summed E-state index contributed by atoms with van der Waals surface area (Å²) in [5.74, 6) is -0.880. The molecule has 19 heavy (non-hydrogen) atoms. The number of carbonyl (C=O) groups excluding carboxylic acids is 1.